The number of nitrogens with zero attached hydrogens (tertiary/aromatic N) is 1. The zero-order valence-electron chi connectivity index (χ0n) is 12.2. The van der Waals surface area contributed by atoms with Crippen molar-refractivity contribution in [1.29, 1.82) is 0 Å². The number of rotatable bonds is 6. The first-order valence-corrected chi connectivity index (χ1v) is 8.69. The van der Waals surface area contributed by atoms with Gasteiger partial charge in [-0.2, -0.15) is 12.7 Å². The van der Waals surface area contributed by atoms with Crippen molar-refractivity contribution in [3.05, 3.63) is 30.1 Å². The average molecular weight is 315 g/mol. The van der Waals surface area contributed by atoms with Crippen LogP contribution < -0.4 is 10.0 Å². The lowest BCUT2D eigenvalue weighted by Gasteiger charge is -2.31. The Bertz CT molecular complexity index is 540. The first kappa shape index (κ1) is 16.2. The van der Waals surface area contributed by atoms with Crippen molar-refractivity contribution in [2.45, 2.75) is 19.8 Å². The van der Waals surface area contributed by atoms with Crippen LogP contribution in [0.5, 0.6) is 0 Å². The molecule has 2 rings (SSSR count). The van der Waals surface area contributed by atoms with E-state index in [1.54, 1.807) is 0 Å². The van der Waals surface area contributed by atoms with E-state index in [1.165, 1.54) is 28.6 Å². The van der Waals surface area contributed by atoms with E-state index >= 15 is 0 Å². The van der Waals surface area contributed by atoms with Crippen LogP contribution in [-0.4, -0.2) is 38.9 Å². The molecule has 1 heterocycles. The standard InChI is InChI=1S/C14H22FN3O2S/c1-2-16-11-12-7-9-18(10-8-12)21(19,20)17-14-5-3-13(15)4-6-14/h3-6,12,16-17H,2,7-11H2,1H3. The average Bonchev–Trinajstić information content (AvgIpc) is 2.48. The quantitative estimate of drug-likeness (QED) is 0.841. The third-order valence-corrected chi connectivity index (χ3v) is 5.23. The molecule has 0 bridgehead atoms. The van der Waals surface area contributed by atoms with Gasteiger partial charge in [-0.15, -0.1) is 0 Å². The molecule has 0 aromatic heterocycles. The van der Waals surface area contributed by atoms with Gasteiger partial charge in [0.1, 0.15) is 5.82 Å². The molecule has 0 amide bonds. The molecule has 0 unspecified atom stereocenters. The molecule has 0 saturated carbocycles. The summed E-state index contributed by atoms with van der Waals surface area (Å²) in [6, 6.07) is 5.32. The Labute approximate surface area is 125 Å². The van der Waals surface area contributed by atoms with Gasteiger partial charge < -0.3 is 5.32 Å². The number of hydrogen-bond donors (Lipinski definition) is 2. The Morgan fingerprint density at radius 2 is 1.86 bits per heavy atom. The number of hydrogen-bond acceptors (Lipinski definition) is 3. The van der Waals surface area contributed by atoms with Crippen molar-refractivity contribution in [3.63, 3.8) is 0 Å². The van der Waals surface area contributed by atoms with Gasteiger partial charge in [0, 0.05) is 18.8 Å². The van der Waals surface area contributed by atoms with Gasteiger partial charge in [-0.3, -0.25) is 4.72 Å². The van der Waals surface area contributed by atoms with Gasteiger partial charge in [0.2, 0.25) is 0 Å². The Balaban J connectivity index is 1.90. The number of piperidine rings is 1. The van der Waals surface area contributed by atoms with E-state index in [1.807, 2.05) is 0 Å². The minimum atomic E-state index is -3.55. The lowest BCUT2D eigenvalue weighted by Crippen LogP contribution is -2.43. The van der Waals surface area contributed by atoms with Crippen LogP contribution in [0.4, 0.5) is 10.1 Å². The summed E-state index contributed by atoms with van der Waals surface area (Å²) >= 11 is 0. The van der Waals surface area contributed by atoms with E-state index < -0.39 is 10.2 Å². The number of benzene rings is 1. The molecule has 1 aromatic rings. The van der Waals surface area contributed by atoms with Gasteiger partial charge >= 0.3 is 10.2 Å². The predicted octanol–water partition coefficient (Wildman–Crippen LogP) is 1.80. The minimum Gasteiger partial charge on any atom is -0.317 e. The molecule has 1 fully saturated rings. The van der Waals surface area contributed by atoms with Crippen molar-refractivity contribution >= 4 is 15.9 Å². The Kier molecular flexibility index (Phi) is 5.55. The zero-order chi connectivity index (χ0) is 15.3. The Morgan fingerprint density at radius 1 is 1.24 bits per heavy atom. The summed E-state index contributed by atoms with van der Waals surface area (Å²) < 4.78 is 41.3. The maximum absolute atomic E-state index is 12.8. The number of anilines is 1. The maximum atomic E-state index is 12.8. The van der Waals surface area contributed by atoms with Crippen molar-refractivity contribution in [2.75, 3.05) is 30.9 Å². The monoisotopic (exact) mass is 315 g/mol. The van der Waals surface area contributed by atoms with Crippen molar-refractivity contribution in [1.82, 2.24) is 9.62 Å². The van der Waals surface area contributed by atoms with Gasteiger partial charge in [-0.25, -0.2) is 4.39 Å². The second-order valence-electron chi connectivity index (χ2n) is 5.26. The molecule has 0 atom stereocenters. The van der Waals surface area contributed by atoms with E-state index in [2.05, 4.69) is 17.0 Å². The van der Waals surface area contributed by atoms with Gasteiger partial charge in [0.25, 0.3) is 0 Å². The summed E-state index contributed by atoms with van der Waals surface area (Å²) in [6.07, 6.45) is 1.72. The molecular formula is C14H22FN3O2S. The molecule has 1 saturated heterocycles. The van der Waals surface area contributed by atoms with Gasteiger partial charge in [0.15, 0.2) is 0 Å². The van der Waals surface area contributed by atoms with Crippen LogP contribution in [0.3, 0.4) is 0 Å². The van der Waals surface area contributed by atoms with E-state index in [0.29, 0.717) is 24.7 Å². The number of halogens is 1. The Hall–Kier alpha value is -1.18. The molecule has 0 spiro atoms. The normalized spacial score (nSPS) is 17.8. The summed E-state index contributed by atoms with van der Waals surface area (Å²) in [4.78, 5) is 0. The highest BCUT2D eigenvalue weighted by Crippen LogP contribution is 2.20. The summed E-state index contributed by atoms with van der Waals surface area (Å²) in [6.45, 7) is 4.98. The highest BCUT2D eigenvalue weighted by molar-refractivity contribution is 7.90. The highest BCUT2D eigenvalue weighted by Gasteiger charge is 2.27. The zero-order valence-corrected chi connectivity index (χ0v) is 13.0. The molecule has 0 radical (unpaired) electrons. The summed E-state index contributed by atoms with van der Waals surface area (Å²) in [5, 5.41) is 3.30. The first-order valence-electron chi connectivity index (χ1n) is 7.25. The summed E-state index contributed by atoms with van der Waals surface area (Å²) in [7, 11) is -3.55. The molecule has 118 valence electrons. The fourth-order valence-electron chi connectivity index (χ4n) is 2.43. The topological polar surface area (TPSA) is 61.4 Å². The van der Waals surface area contributed by atoms with E-state index in [0.717, 1.165) is 25.9 Å². The van der Waals surface area contributed by atoms with Crippen LogP contribution >= 0.6 is 0 Å². The van der Waals surface area contributed by atoms with E-state index in [9.17, 15) is 12.8 Å². The van der Waals surface area contributed by atoms with Crippen LogP contribution in [0.25, 0.3) is 0 Å². The Morgan fingerprint density at radius 3 is 2.43 bits per heavy atom. The van der Waals surface area contributed by atoms with Gasteiger partial charge in [0.05, 0.1) is 0 Å². The van der Waals surface area contributed by atoms with Crippen molar-refractivity contribution in [3.8, 4) is 0 Å². The predicted molar refractivity (Wildman–Crippen MR) is 81.8 cm³/mol. The first-order chi connectivity index (χ1) is 10.0. The van der Waals surface area contributed by atoms with Crippen LogP contribution in [0, 0.1) is 11.7 Å². The van der Waals surface area contributed by atoms with Crippen molar-refractivity contribution in [2.24, 2.45) is 5.92 Å². The molecule has 2 N–H and O–H groups in total. The number of nitrogens with one attached hydrogen (secondary N) is 2. The second-order valence-corrected chi connectivity index (χ2v) is 6.93. The van der Waals surface area contributed by atoms with Crippen LogP contribution in [0.1, 0.15) is 19.8 Å². The maximum Gasteiger partial charge on any atom is 0.301 e. The lowest BCUT2D eigenvalue weighted by atomic mass is 9.98. The lowest BCUT2D eigenvalue weighted by molar-refractivity contribution is 0.269. The summed E-state index contributed by atoms with van der Waals surface area (Å²) in [5.41, 5.74) is 0.381. The summed E-state index contributed by atoms with van der Waals surface area (Å²) in [5.74, 6) is 0.143. The SMILES string of the molecule is CCNCC1CCN(S(=O)(=O)Nc2ccc(F)cc2)CC1. The van der Waals surface area contributed by atoms with Crippen LogP contribution in [0.15, 0.2) is 24.3 Å². The molecule has 1 aliphatic rings. The molecule has 21 heavy (non-hydrogen) atoms. The van der Waals surface area contributed by atoms with Gasteiger partial charge in [-0.05, 0) is 56.1 Å². The van der Waals surface area contributed by atoms with Crippen LogP contribution in [0.2, 0.25) is 0 Å². The molecule has 1 aliphatic heterocycles. The smallest absolute Gasteiger partial charge is 0.301 e. The second kappa shape index (κ2) is 7.20. The van der Waals surface area contributed by atoms with E-state index in [-0.39, 0.29) is 5.82 Å². The molecule has 0 aliphatic carbocycles. The third kappa shape index (κ3) is 4.66. The third-order valence-electron chi connectivity index (χ3n) is 3.69. The fraction of sp³-hybridized carbons (Fsp3) is 0.571. The minimum absolute atomic E-state index is 0.381. The fourth-order valence-corrected chi connectivity index (χ4v) is 3.69. The molecular weight excluding hydrogens is 293 g/mol. The molecule has 5 nitrogen and oxygen atoms in total. The molecule has 7 heteroatoms. The van der Waals surface area contributed by atoms with Gasteiger partial charge in [-0.1, -0.05) is 6.92 Å². The molecule has 1 aromatic carbocycles. The van der Waals surface area contributed by atoms with E-state index in [4.69, 9.17) is 0 Å². The van der Waals surface area contributed by atoms with Crippen molar-refractivity contribution < 1.29 is 12.8 Å². The van der Waals surface area contributed by atoms with Crippen LogP contribution in [-0.2, 0) is 10.2 Å². The highest BCUT2D eigenvalue weighted by atomic mass is 32.2. The largest absolute Gasteiger partial charge is 0.317 e.